The molecule has 1 fully saturated rings. The lowest BCUT2D eigenvalue weighted by molar-refractivity contribution is -0.116. The molecule has 0 spiro atoms. The van der Waals surface area contributed by atoms with Gasteiger partial charge in [0.05, 0.1) is 17.9 Å². The first-order chi connectivity index (χ1) is 14.5. The molecular weight excluding hydrogens is 407 g/mol. The van der Waals surface area contributed by atoms with E-state index in [1.807, 2.05) is 6.07 Å². The SMILES string of the molecule is COC(=O)c1n[nH]c2ccc(NC(=O)C3CN(Cc4ccccc4F)CCS3)cc12. The molecule has 3 aromatic rings. The van der Waals surface area contributed by atoms with Crippen molar-refractivity contribution in [2.45, 2.75) is 11.8 Å². The molecule has 1 unspecified atom stereocenters. The number of rotatable bonds is 5. The first-order valence-corrected chi connectivity index (χ1v) is 10.5. The largest absolute Gasteiger partial charge is 0.464 e. The number of thioether (sulfide) groups is 1. The van der Waals surface area contributed by atoms with E-state index in [1.165, 1.54) is 13.2 Å². The molecular formula is C21H21FN4O3S. The van der Waals surface area contributed by atoms with Crippen molar-refractivity contribution in [3.63, 3.8) is 0 Å². The number of amides is 1. The number of ether oxygens (including phenoxy) is 1. The molecule has 0 aliphatic carbocycles. The Balaban J connectivity index is 1.44. The maximum absolute atomic E-state index is 14.0. The molecule has 1 aliphatic rings. The quantitative estimate of drug-likeness (QED) is 0.608. The molecule has 4 rings (SSSR count). The number of aromatic amines is 1. The van der Waals surface area contributed by atoms with Crippen LogP contribution in [0.15, 0.2) is 42.5 Å². The van der Waals surface area contributed by atoms with Crippen LogP contribution in [0.5, 0.6) is 0 Å². The Kier molecular flexibility index (Phi) is 6.01. The molecule has 30 heavy (non-hydrogen) atoms. The topological polar surface area (TPSA) is 87.3 Å². The standard InChI is InChI=1S/C21H21FN4O3S/c1-29-21(28)19-15-10-14(6-7-17(15)24-25-19)23-20(27)18-12-26(8-9-30-18)11-13-4-2-3-5-16(13)22/h2-7,10,18H,8-9,11-12H2,1H3,(H,23,27)(H,24,25). The van der Waals surface area contributed by atoms with Gasteiger partial charge in [0.2, 0.25) is 5.91 Å². The minimum Gasteiger partial charge on any atom is -0.464 e. The summed E-state index contributed by atoms with van der Waals surface area (Å²) >= 11 is 1.59. The zero-order chi connectivity index (χ0) is 21.1. The summed E-state index contributed by atoms with van der Waals surface area (Å²) in [5.41, 5.74) is 2.05. The summed E-state index contributed by atoms with van der Waals surface area (Å²) in [7, 11) is 1.29. The van der Waals surface area contributed by atoms with Crippen molar-refractivity contribution in [2.75, 3.05) is 31.3 Å². The van der Waals surface area contributed by atoms with Crippen molar-refractivity contribution in [3.05, 3.63) is 59.5 Å². The number of hydrogen-bond donors (Lipinski definition) is 2. The van der Waals surface area contributed by atoms with Crippen molar-refractivity contribution < 1.29 is 18.7 Å². The zero-order valence-electron chi connectivity index (χ0n) is 16.4. The Bertz CT molecular complexity index is 1090. The van der Waals surface area contributed by atoms with E-state index in [9.17, 15) is 14.0 Å². The number of benzene rings is 2. The summed E-state index contributed by atoms with van der Waals surface area (Å²) in [6, 6.07) is 11.9. The fraction of sp³-hybridized carbons (Fsp3) is 0.286. The number of hydrogen-bond acceptors (Lipinski definition) is 6. The summed E-state index contributed by atoms with van der Waals surface area (Å²) in [5.74, 6) is -0.108. The number of halogens is 1. The van der Waals surface area contributed by atoms with Crippen LogP contribution in [0.2, 0.25) is 0 Å². The maximum atomic E-state index is 14.0. The van der Waals surface area contributed by atoms with E-state index in [0.29, 0.717) is 35.2 Å². The zero-order valence-corrected chi connectivity index (χ0v) is 17.2. The number of fused-ring (bicyclic) bond motifs is 1. The second-order valence-corrected chi connectivity index (χ2v) is 8.31. The first-order valence-electron chi connectivity index (χ1n) is 9.50. The molecule has 2 aromatic carbocycles. The van der Waals surface area contributed by atoms with Gasteiger partial charge in [-0.15, -0.1) is 11.8 Å². The van der Waals surface area contributed by atoms with Crippen molar-refractivity contribution in [2.24, 2.45) is 0 Å². The van der Waals surface area contributed by atoms with Gasteiger partial charge >= 0.3 is 5.97 Å². The second kappa shape index (κ2) is 8.85. The van der Waals surface area contributed by atoms with Gasteiger partial charge < -0.3 is 10.1 Å². The highest BCUT2D eigenvalue weighted by atomic mass is 32.2. The highest BCUT2D eigenvalue weighted by Gasteiger charge is 2.27. The van der Waals surface area contributed by atoms with E-state index in [0.717, 1.165) is 12.3 Å². The van der Waals surface area contributed by atoms with Gasteiger partial charge in [-0.25, -0.2) is 9.18 Å². The highest BCUT2D eigenvalue weighted by Crippen LogP contribution is 2.25. The molecule has 0 saturated carbocycles. The number of nitrogens with zero attached hydrogens (tertiary/aromatic N) is 2. The molecule has 1 atom stereocenters. The molecule has 156 valence electrons. The van der Waals surface area contributed by atoms with Crippen LogP contribution >= 0.6 is 11.8 Å². The summed E-state index contributed by atoms with van der Waals surface area (Å²) < 4.78 is 18.7. The molecule has 7 nitrogen and oxygen atoms in total. The van der Waals surface area contributed by atoms with Crippen molar-refractivity contribution in [1.82, 2.24) is 15.1 Å². The molecule has 1 saturated heterocycles. The minimum atomic E-state index is -0.545. The van der Waals surface area contributed by atoms with Crippen LogP contribution in [0.25, 0.3) is 10.9 Å². The van der Waals surface area contributed by atoms with Crippen LogP contribution in [0.4, 0.5) is 10.1 Å². The number of carbonyl (C=O) groups excluding carboxylic acids is 2. The van der Waals surface area contributed by atoms with Gasteiger partial charge in [0.1, 0.15) is 5.82 Å². The first kappa shape index (κ1) is 20.4. The third kappa shape index (κ3) is 4.31. The van der Waals surface area contributed by atoms with Crippen LogP contribution < -0.4 is 5.32 Å². The Morgan fingerprint density at radius 2 is 2.17 bits per heavy atom. The van der Waals surface area contributed by atoms with E-state index in [-0.39, 0.29) is 22.7 Å². The van der Waals surface area contributed by atoms with Crippen LogP contribution in [-0.2, 0) is 16.1 Å². The Hall–Kier alpha value is -2.91. The van der Waals surface area contributed by atoms with Crippen LogP contribution in [0.1, 0.15) is 16.1 Å². The fourth-order valence-corrected chi connectivity index (χ4v) is 4.61. The third-order valence-electron chi connectivity index (χ3n) is 5.00. The second-order valence-electron chi connectivity index (χ2n) is 7.00. The lowest BCUT2D eigenvalue weighted by Gasteiger charge is -2.31. The molecule has 2 N–H and O–H groups in total. The normalized spacial score (nSPS) is 17.1. The number of methoxy groups -OCH3 is 1. The number of nitrogens with one attached hydrogen (secondary N) is 2. The van der Waals surface area contributed by atoms with Crippen molar-refractivity contribution in [1.29, 1.82) is 0 Å². The van der Waals surface area contributed by atoms with Crippen LogP contribution in [-0.4, -0.2) is 58.2 Å². The molecule has 1 amide bonds. The van der Waals surface area contributed by atoms with Crippen LogP contribution in [0.3, 0.4) is 0 Å². The molecule has 1 aliphatic heterocycles. The minimum absolute atomic E-state index is 0.124. The highest BCUT2D eigenvalue weighted by molar-refractivity contribution is 8.00. The molecule has 9 heteroatoms. The van der Waals surface area contributed by atoms with Gasteiger partial charge in [0.15, 0.2) is 5.69 Å². The van der Waals surface area contributed by atoms with E-state index >= 15 is 0 Å². The summed E-state index contributed by atoms with van der Waals surface area (Å²) in [5, 5.41) is 9.98. The molecule has 2 heterocycles. The van der Waals surface area contributed by atoms with Crippen molar-refractivity contribution in [3.8, 4) is 0 Å². The summed E-state index contributed by atoms with van der Waals surface area (Å²) in [4.78, 5) is 26.8. The predicted molar refractivity (Wildman–Crippen MR) is 114 cm³/mol. The summed E-state index contributed by atoms with van der Waals surface area (Å²) in [6.45, 7) is 1.80. The van der Waals surface area contributed by atoms with E-state index in [4.69, 9.17) is 4.74 Å². The number of anilines is 1. The number of H-pyrrole nitrogens is 1. The number of esters is 1. The van der Waals surface area contributed by atoms with E-state index in [1.54, 1.807) is 42.1 Å². The van der Waals surface area contributed by atoms with Gasteiger partial charge in [-0.1, -0.05) is 18.2 Å². The monoisotopic (exact) mass is 428 g/mol. The lowest BCUT2D eigenvalue weighted by Crippen LogP contribution is -2.43. The van der Waals surface area contributed by atoms with Gasteiger partial charge in [-0.2, -0.15) is 5.10 Å². The summed E-state index contributed by atoms with van der Waals surface area (Å²) in [6.07, 6.45) is 0. The van der Waals surface area contributed by atoms with Gasteiger partial charge in [0, 0.05) is 42.0 Å². The number of aromatic nitrogens is 2. The van der Waals surface area contributed by atoms with E-state index in [2.05, 4.69) is 20.4 Å². The third-order valence-corrected chi connectivity index (χ3v) is 6.19. The van der Waals surface area contributed by atoms with Crippen molar-refractivity contribution >= 4 is 40.2 Å². The average Bonchev–Trinajstić information content (AvgIpc) is 3.18. The number of carbonyl (C=O) groups is 2. The van der Waals surface area contributed by atoms with Crippen LogP contribution in [0, 0.1) is 5.82 Å². The average molecular weight is 428 g/mol. The molecule has 0 bridgehead atoms. The van der Waals surface area contributed by atoms with Gasteiger partial charge in [-0.05, 0) is 24.3 Å². The Morgan fingerprint density at radius 1 is 1.33 bits per heavy atom. The predicted octanol–water partition coefficient (Wildman–Crippen LogP) is 3.04. The lowest BCUT2D eigenvalue weighted by atomic mass is 10.1. The van der Waals surface area contributed by atoms with Gasteiger partial charge in [-0.3, -0.25) is 14.8 Å². The fourth-order valence-electron chi connectivity index (χ4n) is 3.44. The molecule has 1 aromatic heterocycles. The van der Waals surface area contributed by atoms with Gasteiger partial charge in [0.25, 0.3) is 0 Å². The van der Waals surface area contributed by atoms with E-state index < -0.39 is 5.97 Å². The Morgan fingerprint density at radius 3 is 2.97 bits per heavy atom. The smallest absolute Gasteiger partial charge is 0.359 e. The Labute approximate surface area is 177 Å². The molecule has 0 radical (unpaired) electrons. The maximum Gasteiger partial charge on any atom is 0.359 e.